The van der Waals surface area contributed by atoms with Crippen molar-refractivity contribution in [2.24, 2.45) is 5.92 Å². The number of likely N-dealkylation sites (N-methyl/N-ethyl adjacent to an activating group) is 1. The van der Waals surface area contributed by atoms with Gasteiger partial charge in [0.05, 0.1) is 5.56 Å². The van der Waals surface area contributed by atoms with Gasteiger partial charge in [-0.05, 0) is 37.8 Å². The Bertz CT molecular complexity index is 960. The van der Waals surface area contributed by atoms with Crippen LogP contribution in [-0.2, 0) is 4.79 Å². The molecule has 2 saturated heterocycles. The molecule has 154 valence electrons. The maximum absolute atomic E-state index is 13.1. The molecule has 2 aromatic heterocycles. The van der Waals surface area contributed by atoms with E-state index in [9.17, 15) is 14.4 Å². The first kappa shape index (κ1) is 19.4. The van der Waals surface area contributed by atoms with Crippen molar-refractivity contribution in [3.05, 3.63) is 30.2 Å². The predicted molar refractivity (Wildman–Crippen MR) is 105 cm³/mol. The van der Waals surface area contributed by atoms with Crippen molar-refractivity contribution in [1.29, 1.82) is 0 Å². The zero-order valence-electron chi connectivity index (χ0n) is 17.0. The fourth-order valence-electron chi connectivity index (χ4n) is 4.37. The minimum Gasteiger partial charge on any atom is -0.338 e. The highest BCUT2D eigenvalue weighted by molar-refractivity contribution is 6.07. The summed E-state index contributed by atoms with van der Waals surface area (Å²) in [7, 11) is 0. The van der Waals surface area contributed by atoms with E-state index in [4.69, 9.17) is 0 Å². The van der Waals surface area contributed by atoms with Crippen LogP contribution in [0.5, 0.6) is 0 Å². The smallest absolute Gasteiger partial charge is 0.327 e. The summed E-state index contributed by atoms with van der Waals surface area (Å²) in [5, 5.41) is 4.08. The highest BCUT2D eigenvalue weighted by Gasteiger charge is 2.57. The van der Waals surface area contributed by atoms with Gasteiger partial charge in [-0.25, -0.2) is 14.3 Å². The Labute approximate surface area is 169 Å². The van der Waals surface area contributed by atoms with Gasteiger partial charge in [0.25, 0.3) is 11.8 Å². The first-order valence-corrected chi connectivity index (χ1v) is 10.1. The van der Waals surface area contributed by atoms with Crippen LogP contribution in [0.2, 0.25) is 0 Å². The maximum atomic E-state index is 13.1. The molecule has 0 aromatic carbocycles. The third-order valence-electron chi connectivity index (χ3n) is 5.88. The number of hydrogen-bond acceptors (Lipinski definition) is 5. The van der Waals surface area contributed by atoms with Gasteiger partial charge >= 0.3 is 6.03 Å². The van der Waals surface area contributed by atoms with Crippen LogP contribution in [0.1, 0.15) is 44.0 Å². The van der Waals surface area contributed by atoms with Crippen molar-refractivity contribution in [2.75, 3.05) is 26.2 Å². The largest absolute Gasteiger partial charge is 0.338 e. The van der Waals surface area contributed by atoms with Gasteiger partial charge in [-0.3, -0.25) is 14.5 Å². The molecule has 0 N–H and O–H groups in total. The molecular weight excluding hydrogens is 372 g/mol. The molecule has 9 heteroatoms. The molecule has 0 saturated carbocycles. The predicted octanol–water partition coefficient (Wildman–Crippen LogP) is 1.64. The fraction of sp³-hybridized carbons (Fsp3) is 0.550. The summed E-state index contributed by atoms with van der Waals surface area (Å²) < 4.78 is 1.57. The Hall–Kier alpha value is -2.97. The van der Waals surface area contributed by atoms with Gasteiger partial charge in [-0.1, -0.05) is 13.8 Å². The number of aromatic nitrogens is 3. The highest BCUT2D eigenvalue weighted by atomic mass is 16.2. The number of imide groups is 1. The van der Waals surface area contributed by atoms with E-state index >= 15 is 0 Å². The second-order valence-electron chi connectivity index (χ2n) is 8.14. The summed E-state index contributed by atoms with van der Waals surface area (Å²) in [6, 6.07) is 3.29. The Morgan fingerprint density at radius 1 is 1.21 bits per heavy atom. The molecule has 2 aliphatic heterocycles. The van der Waals surface area contributed by atoms with Gasteiger partial charge in [-0.15, -0.1) is 0 Å². The van der Waals surface area contributed by atoms with Gasteiger partial charge in [0.1, 0.15) is 11.9 Å². The number of fused-ring (bicyclic) bond motifs is 1. The van der Waals surface area contributed by atoms with Crippen LogP contribution in [0, 0.1) is 5.92 Å². The standard InChI is InChI=1S/C20H26N6O3/c1-4-24-18(28)20(25(19(24)29)11-14(2)3)7-9-23(10-8-20)17(27)15-5-6-16-21-13-22-26(16)12-15/h5-6,12-14H,4,7-11H2,1-3H3. The number of carbonyl (C=O) groups excluding carboxylic acids is 3. The van der Waals surface area contributed by atoms with Crippen LogP contribution in [0.15, 0.2) is 24.7 Å². The Balaban J connectivity index is 1.54. The van der Waals surface area contributed by atoms with Crippen LogP contribution in [-0.4, -0.2) is 78.9 Å². The van der Waals surface area contributed by atoms with Gasteiger partial charge in [0.15, 0.2) is 5.65 Å². The van der Waals surface area contributed by atoms with Crippen LogP contribution < -0.4 is 0 Å². The summed E-state index contributed by atoms with van der Waals surface area (Å²) in [4.78, 5) is 47.9. The number of nitrogens with zero attached hydrogens (tertiary/aromatic N) is 6. The number of likely N-dealkylation sites (tertiary alicyclic amines) is 1. The fourth-order valence-corrected chi connectivity index (χ4v) is 4.37. The van der Waals surface area contributed by atoms with Crippen LogP contribution in [0.25, 0.3) is 5.65 Å². The first-order valence-electron chi connectivity index (χ1n) is 10.1. The lowest BCUT2D eigenvalue weighted by atomic mass is 9.85. The average Bonchev–Trinajstić information content (AvgIpc) is 3.25. The molecular formula is C20H26N6O3. The minimum atomic E-state index is -0.829. The van der Waals surface area contributed by atoms with Gasteiger partial charge < -0.3 is 9.80 Å². The molecule has 0 radical (unpaired) electrons. The van der Waals surface area contributed by atoms with E-state index in [1.807, 2.05) is 20.8 Å². The van der Waals surface area contributed by atoms with E-state index in [1.165, 1.54) is 11.2 Å². The number of pyridine rings is 1. The lowest BCUT2D eigenvalue weighted by Crippen LogP contribution is -2.58. The summed E-state index contributed by atoms with van der Waals surface area (Å²) >= 11 is 0. The molecule has 0 bridgehead atoms. The molecule has 2 fully saturated rings. The van der Waals surface area contributed by atoms with Gasteiger partial charge in [0.2, 0.25) is 0 Å². The van der Waals surface area contributed by atoms with Crippen LogP contribution in [0.3, 0.4) is 0 Å². The topological polar surface area (TPSA) is 91.1 Å². The van der Waals surface area contributed by atoms with E-state index in [0.29, 0.717) is 50.2 Å². The minimum absolute atomic E-state index is 0.100. The normalized spacial score (nSPS) is 19.2. The zero-order chi connectivity index (χ0) is 20.8. The number of carbonyl (C=O) groups is 3. The van der Waals surface area contributed by atoms with Crippen molar-refractivity contribution in [2.45, 2.75) is 39.2 Å². The lowest BCUT2D eigenvalue weighted by Gasteiger charge is -2.42. The molecule has 4 heterocycles. The summed E-state index contributed by atoms with van der Waals surface area (Å²) in [6.45, 7) is 7.67. The lowest BCUT2D eigenvalue weighted by molar-refractivity contribution is -0.135. The molecule has 0 atom stereocenters. The quantitative estimate of drug-likeness (QED) is 0.731. The SMILES string of the molecule is CCN1C(=O)N(CC(C)C)C2(CCN(C(=O)c3ccc4ncnn4c3)CC2)C1=O. The molecule has 2 aliphatic rings. The van der Waals surface area contributed by atoms with Crippen LogP contribution in [0.4, 0.5) is 4.79 Å². The number of rotatable bonds is 4. The number of urea groups is 1. The second-order valence-corrected chi connectivity index (χ2v) is 8.14. The van der Waals surface area contributed by atoms with Crippen molar-refractivity contribution in [3.63, 3.8) is 0 Å². The van der Waals surface area contributed by atoms with Crippen LogP contribution >= 0.6 is 0 Å². The second kappa shape index (κ2) is 7.13. The first-order chi connectivity index (χ1) is 13.9. The Kier molecular flexibility index (Phi) is 4.76. The van der Waals surface area contributed by atoms with E-state index < -0.39 is 5.54 Å². The van der Waals surface area contributed by atoms with Gasteiger partial charge in [0, 0.05) is 32.4 Å². The molecule has 1 spiro atoms. The van der Waals surface area contributed by atoms with Gasteiger partial charge in [-0.2, -0.15) is 5.10 Å². The zero-order valence-corrected chi connectivity index (χ0v) is 17.0. The summed E-state index contributed by atoms with van der Waals surface area (Å²) in [5.74, 6) is 0.0352. The molecule has 0 unspecified atom stereocenters. The van der Waals surface area contributed by atoms with Crippen molar-refractivity contribution < 1.29 is 14.4 Å². The van der Waals surface area contributed by atoms with E-state index in [-0.39, 0.29) is 23.8 Å². The summed E-state index contributed by atoms with van der Waals surface area (Å²) in [6.07, 6.45) is 4.03. The number of hydrogen-bond donors (Lipinski definition) is 0. The molecule has 4 amide bonds. The van der Waals surface area contributed by atoms with Crippen molar-refractivity contribution in [3.8, 4) is 0 Å². The molecule has 29 heavy (non-hydrogen) atoms. The average molecular weight is 398 g/mol. The number of piperidine rings is 1. The van der Waals surface area contributed by atoms with Crippen molar-refractivity contribution >= 4 is 23.5 Å². The summed E-state index contributed by atoms with van der Waals surface area (Å²) in [5.41, 5.74) is 0.379. The monoisotopic (exact) mass is 398 g/mol. The number of amides is 4. The van der Waals surface area contributed by atoms with E-state index in [0.717, 1.165) is 0 Å². The van der Waals surface area contributed by atoms with E-state index in [2.05, 4.69) is 10.1 Å². The Morgan fingerprint density at radius 3 is 2.59 bits per heavy atom. The Morgan fingerprint density at radius 2 is 1.93 bits per heavy atom. The molecule has 0 aliphatic carbocycles. The molecule has 9 nitrogen and oxygen atoms in total. The highest BCUT2D eigenvalue weighted by Crippen LogP contribution is 2.38. The third-order valence-corrected chi connectivity index (χ3v) is 5.88. The van der Waals surface area contributed by atoms with Crippen molar-refractivity contribution in [1.82, 2.24) is 29.3 Å². The maximum Gasteiger partial charge on any atom is 0.327 e. The molecule has 2 aromatic rings. The third kappa shape index (κ3) is 3.04. The molecule has 4 rings (SSSR count). The van der Waals surface area contributed by atoms with E-state index in [1.54, 1.807) is 32.6 Å².